The van der Waals surface area contributed by atoms with E-state index < -0.39 is 5.56 Å². The largest absolute Gasteiger partial charge is 0.505 e. The summed E-state index contributed by atoms with van der Waals surface area (Å²) in [6.45, 7) is 1.47. The lowest BCUT2D eigenvalue weighted by Crippen LogP contribution is -2.05. The van der Waals surface area contributed by atoms with Crippen molar-refractivity contribution in [3.63, 3.8) is 0 Å². The number of pyridine rings is 1. The molecule has 2 N–H and O–H groups in total. The SMILES string of the molecule is CC(=O)c1ccc(N=Nc2c(O)c3ccc(Cl)cc3[nH]c2=O)cc1. The molecule has 1 heterocycles. The number of benzene rings is 2. The summed E-state index contributed by atoms with van der Waals surface area (Å²) in [7, 11) is 0. The van der Waals surface area contributed by atoms with Crippen LogP contribution in [0.2, 0.25) is 5.02 Å². The number of H-pyrrole nitrogens is 1. The van der Waals surface area contributed by atoms with E-state index >= 15 is 0 Å². The van der Waals surface area contributed by atoms with Crippen LogP contribution in [-0.2, 0) is 0 Å². The number of carbonyl (C=O) groups is 1. The molecular formula is C17H12ClN3O3. The zero-order valence-electron chi connectivity index (χ0n) is 12.6. The van der Waals surface area contributed by atoms with Gasteiger partial charge < -0.3 is 10.1 Å². The number of aromatic hydroxyl groups is 1. The molecule has 0 aliphatic carbocycles. The van der Waals surface area contributed by atoms with Crippen molar-refractivity contribution >= 4 is 39.7 Å². The summed E-state index contributed by atoms with van der Waals surface area (Å²) >= 11 is 5.87. The van der Waals surface area contributed by atoms with Gasteiger partial charge in [0.25, 0.3) is 5.56 Å². The fraction of sp³-hybridized carbons (Fsp3) is 0.0588. The maximum atomic E-state index is 12.1. The van der Waals surface area contributed by atoms with Gasteiger partial charge in [-0.1, -0.05) is 11.6 Å². The molecule has 0 fully saturated rings. The third kappa shape index (κ3) is 3.04. The number of hydrogen-bond acceptors (Lipinski definition) is 5. The summed E-state index contributed by atoms with van der Waals surface area (Å²) in [5.74, 6) is -0.324. The Bertz CT molecular complexity index is 1020. The Balaban J connectivity index is 2.01. The first kappa shape index (κ1) is 15.9. The zero-order chi connectivity index (χ0) is 17.3. The fourth-order valence-electron chi connectivity index (χ4n) is 2.21. The van der Waals surface area contributed by atoms with E-state index in [0.717, 1.165) is 0 Å². The van der Waals surface area contributed by atoms with E-state index in [4.69, 9.17) is 11.6 Å². The van der Waals surface area contributed by atoms with Crippen molar-refractivity contribution in [3.8, 4) is 5.75 Å². The second-order valence-corrected chi connectivity index (χ2v) is 5.58. The number of ketones is 1. The van der Waals surface area contributed by atoms with Crippen LogP contribution in [0.4, 0.5) is 11.4 Å². The van der Waals surface area contributed by atoms with Crippen LogP contribution in [-0.4, -0.2) is 15.9 Å². The minimum Gasteiger partial charge on any atom is -0.505 e. The van der Waals surface area contributed by atoms with Crippen molar-refractivity contribution in [1.82, 2.24) is 4.98 Å². The minimum atomic E-state index is -0.577. The highest BCUT2D eigenvalue weighted by atomic mass is 35.5. The predicted molar refractivity (Wildman–Crippen MR) is 91.9 cm³/mol. The quantitative estimate of drug-likeness (QED) is 0.542. The lowest BCUT2D eigenvalue weighted by atomic mass is 10.1. The third-order valence-corrected chi connectivity index (χ3v) is 3.70. The predicted octanol–water partition coefficient (Wildman–Crippen LogP) is 4.51. The summed E-state index contributed by atoms with van der Waals surface area (Å²) in [5, 5.41) is 18.9. The molecule has 1 aromatic heterocycles. The minimum absolute atomic E-state index is 0.0548. The van der Waals surface area contributed by atoms with Crippen LogP contribution in [0.25, 0.3) is 10.9 Å². The molecule has 3 aromatic rings. The maximum absolute atomic E-state index is 12.1. The topological polar surface area (TPSA) is 94.9 Å². The van der Waals surface area contributed by atoms with Gasteiger partial charge in [-0.15, -0.1) is 5.11 Å². The van der Waals surface area contributed by atoms with Crippen LogP contribution in [0, 0.1) is 0 Å². The fourth-order valence-corrected chi connectivity index (χ4v) is 2.38. The molecule has 0 aliphatic rings. The highest BCUT2D eigenvalue weighted by molar-refractivity contribution is 6.31. The van der Waals surface area contributed by atoms with E-state index in [9.17, 15) is 14.7 Å². The monoisotopic (exact) mass is 341 g/mol. The molecule has 0 radical (unpaired) electrons. The second kappa shape index (κ2) is 6.25. The van der Waals surface area contributed by atoms with Crippen molar-refractivity contribution in [3.05, 3.63) is 63.4 Å². The van der Waals surface area contributed by atoms with Crippen molar-refractivity contribution in [2.75, 3.05) is 0 Å². The van der Waals surface area contributed by atoms with Gasteiger partial charge >= 0.3 is 0 Å². The van der Waals surface area contributed by atoms with Crippen LogP contribution >= 0.6 is 11.6 Å². The van der Waals surface area contributed by atoms with E-state index in [2.05, 4.69) is 15.2 Å². The van der Waals surface area contributed by atoms with Crippen LogP contribution < -0.4 is 5.56 Å². The molecule has 24 heavy (non-hydrogen) atoms. The average Bonchev–Trinajstić information content (AvgIpc) is 2.54. The lowest BCUT2D eigenvalue weighted by Gasteiger charge is -2.03. The Morgan fingerprint density at radius 1 is 1.12 bits per heavy atom. The number of nitrogens with zero attached hydrogens (tertiary/aromatic N) is 2. The van der Waals surface area contributed by atoms with Gasteiger partial charge in [-0.3, -0.25) is 9.59 Å². The molecule has 0 amide bonds. The summed E-state index contributed by atoms with van der Waals surface area (Å²) < 4.78 is 0. The van der Waals surface area contributed by atoms with E-state index in [0.29, 0.717) is 27.2 Å². The van der Waals surface area contributed by atoms with Gasteiger partial charge in [0.1, 0.15) is 0 Å². The zero-order valence-corrected chi connectivity index (χ0v) is 13.3. The van der Waals surface area contributed by atoms with Crippen molar-refractivity contribution < 1.29 is 9.90 Å². The van der Waals surface area contributed by atoms with Crippen molar-refractivity contribution in [1.29, 1.82) is 0 Å². The number of carbonyl (C=O) groups excluding carboxylic acids is 1. The van der Waals surface area contributed by atoms with Gasteiger partial charge in [-0.25, -0.2) is 0 Å². The van der Waals surface area contributed by atoms with Crippen LogP contribution in [0.1, 0.15) is 17.3 Å². The van der Waals surface area contributed by atoms with Gasteiger partial charge in [0, 0.05) is 16.0 Å². The van der Waals surface area contributed by atoms with Gasteiger partial charge in [0.15, 0.2) is 17.2 Å². The standard InChI is InChI=1S/C17H12ClN3O3/c1-9(22)10-2-5-12(6-3-10)20-21-15-16(23)13-7-4-11(18)8-14(13)19-17(15)24/h2-8H,1H3,(H2,19,23,24). The number of azo groups is 1. The highest BCUT2D eigenvalue weighted by Gasteiger charge is 2.11. The smallest absolute Gasteiger partial charge is 0.280 e. The molecule has 7 heteroatoms. The summed E-state index contributed by atoms with van der Waals surface area (Å²) in [5.41, 5.74) is 0.647. The maximum Gasteiger partial charge on any atom is 0.280 e. The molecule has 0 aliphatic heterocycles. The molecule has 0 atom stereocenters. The number of aromatic nitrogens is 1. The van der Waals surface area contributed by atoms with E-state index in [-0.39, 0.29) is 17.2 Å². The van der Waals surface area contributed by atoms with Crippen LogP contribution in [0.3, 0.4) is 0 Å². The summed E-state index contributed by atoms with van der Waals surface area (Å²) in [6.07, 6.45) is 0. The molecule has 3 rings (SSSR count). The molecule has 6 nitrogen and oxygen atoms in total. The van der Waals surface area contributed by atoms with Crippen LogP contribution in [0.15, 0.2) is 57.5 Å². The van der Waals surface area contributed by atoms with Gasteiger partial charge in [0.05, 0.1) is 11.2 Å². The number of rotatable bonds is 3. The lowest BCUT2D eigenvalue weighted by molar-refractivity contribution is 0.101. The Hall–Kier alpha value is -2.99. The molecule has 0 saturated carbocycles. The Morgan fingerprint density at radius 2 is 1.83 bits per heavy atom. The molecule has 0 unspecified atom stereocenters. The highest BCUT2D eigenvalue weighted by Crippen LogP contribution is 2.32. The van der Waals surface area contributed by atoms with Gasteiger partial charge in [0.2, 0.25) is 0 Å². The Kier molecular flexibility index (Phi) is 4.14. The number of fused-ring (bicyclic) bond motifs is 1. The van der Waals surface area contributed by atoms with E-state index in [1.54, 1.807) is 42.5 Å². The average molecular weight is 342 g/mol. The number of nitrogens with one attached hydrogen (secondary N) is 1. The Labute approximate surface area is 141 Å². The molecule has 120 valence electrons. The molecule has 0 saturated heterocycles. The van der Waals surface area contributed by atoms with Crippen molar-refractivity contribution in [2.24, 2.45) is 10.2 Å². The molecule has 0 bridgehead atoms. The number of hydrogen-bond donors (Lipinski definition) is 2. The second-order valence-electron chi connectivity index (χ2n) is 5.14. The van der Waals surface area contributed by atoms with Crippen LogP contribution in [0.5, 0.6) is 5.75 Å². The summed E-state index contributed by atoms with van der Waals surface area (Å²) in [6, 6.07) is 11.2. The van der Waals surface area contributed by atoms with Crippen molar-refractivity contribution in [2.45, 2.75) is 6.92 Å². The first-order chi connectivity index (χ1) is 11.5. The van der Waals surface area contributed by atoms with Gasteiger partial charge in [-0.05, 0) is 49.4 Å². The summed E-state index contributed by atoms with van der Waals surface area (Å²) in [4.78, 5) is 25.9. The Morgan fingerprint density at radius 3 is 2.50 bits per heavy atom. The number of aromatic amines is 1. The third-order valence-electron chi connectivity index (χ3n) is 3.46. The van der Waals surface area contributed by atoms with Gasteiger partial charge in [-0.2, -0.15) is 5.11 Å². The first-order valence-electron chi connectivity index (χ1n) is 7.03. The number of halogens is 1. The molecular weight excluding hydrogens is 330 g/mol. The van der Waals surface area contributed by atoms with E-state index in [1.807, 2.05) is 0 Å². The van der Waals surface area contributed by atoms with E-state index in [1.165, 1.54) is 6.92 Å². The normalized spacial score (nSPS) is 11.2. The molecule has 0 spiro atoms. The first-order valence-corrected chi connectivity index (χ1v) is 7.41. The molecule has 2 aromatic carbocycles. The number of Topliss-reactive ketones (excluding diaryl/α,β-unsaturated/α-hetero) is 1.